The summed E-state index contributed by atoms with van der Waals surface area (Å²) < 4.78 is 6.22. The highest BCUT2D eigenvalue weighted by Gasteiger charge is 2.31. The lowest BCUT2D eigenvalue weighted by Gasteiger charge is -2.36. The molecule has 4 rings (SSSR count). The van der Waals surface area contributed by atoms with Crippen LogP contribution in [0.2, 0.25) is 0 Å². The van der Waals surface area contributed by atoms with E-state index in [1.165, 1.54) is 6.08 Å². The minimum absolute atomic E-state index is 0.183. The Bertz CT molecular complexity index is 1450. The molecule has 1 aliphatic rings. The van der Waals surface area contributed by atoms with Gasteiger partial charge in [-0.2, -0.15) is 0 Å². The molecule has 0 radical (unpaired) electrons. The fourth-order valence-electron chi connectivity index (χ4n) is 4.74. The molecular weight excluding hydrogens is 612 g/mol. The largest absolute Gasteiger partial charge is 0.444 e. The number of carbonyl (C=O) groups excluding carboxylic acids is 3. The molecule has 0 saturated carbocycles. The standard InChI is InChI=1S/C33H37BrN4O5/c1-33(2,3)43-32(42)37-28-9-5-4-8-27(28)36-29(40)19-12-22-10-13-23(14-11-22)30(38-20-6-7-26(39)21-38)31(41)35-25-17-15-24(34)16-18-25/h4-5,8-19,26,30,39H,6-7,20-21H2,1-3H3,(H,35,41)(H,36,40)(H,37,42)/b19-12+. The van der Waals surface area contributed by atoms with Gasteiger partial charge in [0.05, 0.1) is 17.5 Å². The third kappa shape index (κ3) is 9.77. The molecule has 226 valence electrons. The third-order valence-corrected chi connectivity index (χ3v) is 7.18. The lowest BCUT2D eigenvalue weighted by atomic mass is 9.98. The molecule has 2 unspecified atom stereocenters. The predicted molar refractivity (Wildman–Crippen MR) is 173 cm³/mol. The minimum Gasteiger partial charge on any atom is -0.444 e. The summed E-state index contributed by atoms with van der Waals surface area (Å²) in [4.78, 5) is 40.4. The smallest absolute Gasteiger partial charge is 0.412 e. The van der Waals surface area contributed by atoms with Crippen molar-refractivity contribution in [1.82, 2.24) is 4.90 Å². The number of rotatable bonds is 8. The van der Waals surface area contributed by atoms with Crippen LogP contribution in [0, 0.1) is 0 Å². The molecule has 0 spiro atoms. The number of piperidine rings is 1. The molecule has 3 aromatic rings. The number of aliphatic hydroxyl groups is 1. The number of para-hydroxylation sites is 2. The average molecular weight is 650 g/mol. The van der Waals surface area contributed by atoms with Gasteiger partial charge < -0.3 is 20.5 Å². The summed E-state index contributed by atoms with van der Waals surface area (Å²) in [5, 5.41) is 18.8. The van der Waals surface area contributed by atoms with Crippen molar-refractivity contribution in [3.8, 4) is 0 Å². The maximum absolute atomic E-state index is 13.5. The number of hydrogen-bond acceptors (Lipinski definition) is 6. The summed E-state index contributed by atoms with van der Waals surface area (Å²) in [6.07, 6.45) is 3.48. The van der Waals surface area contributed by atoms with Crippen molar-refractivity contribution in [2.24, 2.45) is 0 Å². The van der Waals surface area contributed by atoms with Crippen LogP contribution in [0.25, 0.3) is 6.08 Å². The van der Waals surface area contributed by atoms with Gasteiger partial charge in [-0.3, -0.25) is 19.8 Å². The van der Waals surface area contributed by atoms with Crippen molar-refractivity contribution in [2.45, 2.75) is 51.4 Å². The average Bonchev–Trinajstić information content (AvgIpc) is 2.94. The Hall–Kier alpha value is -3.99. The van der Waals surface area contributed by atoms with Crippen LogP contribution < -0.4 is 16.0 Å². The fourth-order valence-corrected chi connectivity index (χ4v) is 5.00. The van der Waals surface area contributed by atoms with E-state index in [-0.39, 0.29) is 11.8 Å². The number of benzene rings is 3. The second kappa shape index (κ2) is 14.5. The SMILES string of the molecule is CC(C)(C)OC(=O)Nc1ccccc1NC(=O)/C=C/c1ccc(C(C(=O)Nc2ccc(Br)cc2)N2CCCC(O)C2)cc1. The molecule has 9 nitrogen and oxygen atoms in total. The number of carbonyl (C=O) groups is 3. The van der Waals surface area contributed by atoms with Crippen LogP contribution in [0.1, 0.15) is 50.8 Å². The van der Waals surface area contributed by atoms with E-state index in [4.69, 9.17) is 4.74 Å². The summed E-state index contributed by atoms with van der Waals surface area (Å²) in [5.74, 6) is -0.561. The number of nitrogens with zero attached hydrogens (tertiary/aromatic N) is 1. The van der Waals surface area contributed by atoms with Crippen molar-refractivity contribution < 1.29 is 24.2 Å². The first-order chi connectivity index (χ1) is 20.5. The zero-order chi connectivity index (χ0) is 31.0. The molecule has 1 fully saturated rings. The molecule has 0 bridgehead atoms. The summed E-state index contributed by atoms with van der Waals surface area (Å²) in [5.41, 5.74) is 2.43. The van der Waals surface area contributed by atoms with E-state index in [1.807, 2.05) is 53.4 Å². The van der Waals surface area contributed by atoms with Gasteiger partial charge >= 0.3 is 6.09 Å². The lowest BCUT2D eigenvalue weighted by molar-refractivity contribution is -0.122. The quantitative estimate of drug-likeness (QED) is 0.205. The Labute approximate surface area is 260 Å². The first-order valence-corrected chi connectivity index (χ1v) is 14.9. The van der Waals surface area contributed by atoms with Gasteiger partial charge in [0.1, 0.15) is 11.6 Å². The number of amides is 3. The van der Waals surface area contributed by atoms with Crippen LogP contribution in [0.4, 0.5) is 21.9 Å². The number of likely N-dealkylation sites (tertiary alicyclic amines) is 1. The predicted octanol–water partition coefficient (Wildman–Crippen LogP) is 6.58. The molecule has 0 aromatic heterocycles. The summed E-state index contributed by atoms with van der Waals surface area (Å²) in [6, 6.07) is 21.1. The highest BCUT2D eigenvalue weighted by Crippen LogP contribution is 2.28. The van der Waals surface area contributed by atoms with Gasteiger partial charge in [-0.05, 0) is 93.8 Å². The van der Waals surface area contributed by atoms with Crippen molar-refractivity contribution >= 4 is 57.0 Å². The highest BCUT2D eigenvalue weighted by atomic mass is 79.9. The topological polar surface area (TPSA) is 120 Å². The van der Waals surface area contributed by atoms with Crippen molar-refractivity contribution in [2.75, 3.05) is 29.0 Å². The highest BCUT2D eigenvalue weighted by molar-refractivity contribution is 9.10. The molecule has 1 saturated heterocycles. The molecule has 10 heteroatoms. The fraction of sp³-hybridized carbons (Fsp3) is 0.303. The lowest BCUT2D eigenvalue weighted by Crippen LogP contribution is -2.44. The van der Waals surface area contributed by atoms with Gasteiger partial charge in [-0.25, -0.2) is 4.79 Å². The van der Waals surface area contributed by atoms with E-state index >= 15 is 0 Å². The zero-order valence-electron chi connectivity index (χ0n) is 24.5. The Morgan fingerprint density at radius 3 is 2.23 bits per heavy atom. The molecule has 1 heterocycles. The van der Waals surface area contributed by atoms with Crippen LogP contribution in [0.15, 0.2) is 83.3 Å². The van der Waals surface area contributed by atoms with Gasteiger partial charge in [0, 0.05) is 22.8 Å². The van der Waals surface area contributed by atoms with Crippen LogP contribution in [0.5, 0.6) is 0 Å². The van der Waals surface area contributed by atoms with E-state index in [0.717, 1.165) is 22.0 Å². The third-order valence-electron chi connectivity index (χ3n) is 6.65. The second-order valence-corrected chi connectivity index (χ2v) is 12.3. The second-order valence-electron chi connectivity index (χ2n) is 11.4. The molecule has 4 N–H and O–H groups in total. The summed E-state index contributed by atoms with van der Waals surface area (Å²) in [7, 11) is 0. The maximum Gasteiger partial charge on any atom is 0.412 e. The van der Waals surface area contributed by atoms with Gasteiger partial charge in [0.2, 0.25) is 11.8 Å². The summed E-state index contributed by atoms with van der Waals surface area (Å²) >= 11 is 3.41. The summed E-state index contributed by atoms with van der Waals surface area (Å²) in [6.45, 7) is 6.42. The number of hydrogen-bond donors (Lipinski definition) is 4. The minimum atomic E-state index is -0.654. The Morgan fingerprint density at radius 2 is 1.60 bits per heavy atom. The Balaban J connectivity index is 1.44. The van der Waals surface area contributed by atoms with Crippen LogP contribution in [0.3, 0.4) is 0 Å². The Kier molecular flexibility index (Phi) is 10.7. The van der Waals surface area contributed by atoms with Crippen LogP contribution >= 0.6 is 15.9 Å². The van der Waals surface area contributed by atoms with Crippen molar-refractivity contribution in [3.63, 3.8) is 0 Å². The normalized spacial score (nSPS) is 16.3. The number of β-amino-alcohol motifs (C(OH)–C–C–N with tert-alkyl or cyclic N) is 1. The molecule has 0 aliphatic carbocycles. The van der Waals surface area contributed by atoms with Gasteiger partial charge in [0.25, 0.3) is 0 Å². The van der Waals surface area contributed by atoms with Gasteiger partial charge in [-0.15, -0.1) is 0 Å². The van der Waals surface area contributed by atoms with E-state index in [2.05, 4.69) is 31.9 Å². The van der Waals surface area contributed by atoms with Gasteiger partial charge in [-0.1, -0.05) is 52.3 Å². The monoisotopic (exact) mass is 648 g/mol. The van der Waals surface area contributed by atoms with E-state index in [0.29, 0.717) is 36.6 Å². The number of halogens is 1. The Morgan fingerprint density at radius 1 is 0.953 bits per heavy atom. The van der Waals surface area contributed by atoms with Crippen molar-refractivity contribution in [3.05, 3.63) is 94.5 Å². The zero-order valence-corrected chi connectivity index (χ0v) is 26.1. The van der Waals surface area contributed by atoms with E-state index in [9.17, 15) is 19.5 Å². The number of anilines is 3. The first-order valence-electron chi connectivity index (χ1n) is 14.1. The molecule has 2 atom stereocenters. The molecule has 3 aromatic carbocycles. The molecular formula is C33H37BrN4O5. The van der Waals surface area contributed by atoms with Crippen molar-refractivity contribution in [1.29, 1.82) is 0 Å². The van der Waals surface area contributed by atoms with E-state index < -0.39 is 23.8 Å². The van der Waals surface area contributed by atoms with Crippen LogP contribution in [-0.2, 0) is 14.3 Å². The number of aliphatic hydroxyl groups excluding tert-OH is 1. The molecule has 1 aliphatic heterocycles. The maximum atomic E-state index is 13.5. The molecule has 3 amide bonds. The van der Waals surface area contributed by atoms with Gasteiger partial charge in [0.15, 0.2) is 0 Å². The number of nitrogens with one attached hydrogen (secondary N) is 3. The first kappa shape index (κ1) is 31.9. The van der Waals surface area contributed by atoms with Crippen LogP contribution in [-0.4, -0.2) is 52.7 Å². The van der Waals surface area contributed by atoms with E-state index in [1.54, 1.807) is 51.1 Å². The number of ether oxygens (including phenoxy) is 1. The molecule has 43 heavy (non-hydrogen) atoms.